The molecule has 31 heavy (non-hydrogen) atoms. The molecule has 1 fully saturated rings. The van der Waals surface area contributed by atoms with Gasteiger partial charge in [-0.3, -0.25) is 4.79 Å². The van der Waals surface area contributed by atoms with Crippen molar-refractivity contribution >= 4 is 46.3 Å². The van der Waals surface area contributed by atoms with Crippen molar-refractivity contribution in [2.75, 3.05) is 19.8 Å². The van der Waals surface area contributed by atoms with Crippen molar-refractivity contribution in [2.24, 2.45) is 5.10 Å². The van der Waals surface area contributed by atoms with Gasteiger partial charge >= 0.3 is 0 Å². The van der Waals surface area contributed by atoms with E-state index in [0.29, 0.717) is 42.9 Å². The smallest absolute Gasteiger partial charge is 0.245 e. The van der Waals surface area contributed by atoms with Gasteiger partial charge in [0.1, 0.15) is 6.61 Å². The summed E-state index contributed by atoms with van der Waals surface area (Å²) in [5.41, 5.74) is 4.15. The Balaban J connectivity index is 1.66. The number of rotatable bonds is 9. The number of nitrogens with zero attached hydrogens (tertiary/aromatic N) is 1. The lowest BCUT2D eigenvalue weighted by Gasteiger charge is -2.20. The lowest BCUT2D eigenvalue weighted by Crippen LogP contribution is -2.33. The van der Waals surface area contributed by atoms with Crippen LogP contribution in [0.5, 0.6) is 11.5 Å². The van der Waals surface area contributed by atoms with E-state index in [-0.39, 0.29) is 12.3 Å². The molecule has 0 aromatic heterocycles. The highest BCUT2D eigenvalue weighted by molar-refractivity contribution is 14.1. The highest BCUT2D eigenvalue weighted by Gasteiger charge is 2.33. The molecule has 0 unspecified atom stereocenters. The van der Waals surface area contributed by atoms with Gasteiger partial charge in [0, 0.05) is 10.6 Å². The normalized spacial score (nSPS) is 15.2. The van der Waals surface area contributed by atoms with Crippen LogP contribution in [-0.2, 0) is 20.9 Å². The molecule has 2 aromatic rings. The van der Waals surface area contributed by atoms with Gasteiger partial charge < -0.3 is 18.9 Å². The van der Waals surface area contributed by atoms with Crippen LogP contribution < -0.4 is 14.9 Å². The van der Waals surface area contributed by atoms with E-state index in [0.717, 1.165) is 14.7 Å². The van der Waals surface area contributed by atoms with Crippen LogP contribution in [0.25, 0.3) is 0 Å². The fourth-order valence-electron chi connectivity index (χ4n) is 3.00. The van der Waals surface area contributed by atoms with E-state index in [1.54, 1.807) is 13.1 Å². The summed E-state index contributed by atoms with van der Waals surface area (Å²) in [6, 6.07) is 11.2. The predicted octanol–water partition coefficient (Wildman–Crippen LogP) is 4.53. The largest absolute Gasteiger partial charge is 0.490 e. The van der Waals surface area contributed by atoms with Crippen molar-refractivity contribution in [1.82, 2.24) is 5.43 Å². The van der Waals surface area contributed by atoms with Crippen LogP contribution in [-0.4, -0.2) is 37.7 Å². The zero-order valence-electron chi connectivity index (χ0n) is 17.3. The standard InChI is InChI=1S/C22H24ClIN2O5/c1-3-28-19-11-15(13-25-26-20(27)12-22(2)30-8-9-31-22)10-18(24)21(19)29-14-16-6-4-5-7-17(16)23/h4-7,10-11,13H,3,8-9,12,14H2,1-2H3,(H,26,27)/b25-13-. The Morgan fingerprint density at radius 2 is 2.03 bits per heavy atom. The maximum atomic E-state index is 12.1. The van der Waals surface area contributed by atoms with E-state index in [1.807, 2.05) is 43.3 Å². The van der Waals surface area contributed by atoms with Crippen LogP contribution in [0.3, 0.4) is 0 Å². The monoisotopic (exact) mass is 558 g/mol. The van der Waals surface area contributed by atoms with E-state index in [1.165, 1.54) is 0 Å². The summed E-state index contributed by atoms with van der Waals surface area (Å²) in [5.74, 6) is 0.0409. The Bertz CT molecular complexity index is 947. The average molecular weight is 559 g/mol. The summed E-state index contributed by atoms with van der Waals surface area (Å²) in [6.45, 7) is 5.41. The molecule has 0 saturated carbocycles. The van der Waals surface area contributed by atoms with Crippen LogP contribution in [0.1, 0.15) is 31.4 Å². The third-order valence-electron chi connectivity index (χ3n) is 4.44. The lowest BCUT2D eigenvalue weighted by molar-refractivity contribution is -0.159. The van der Waals surface area contributed by atoms with Gasteiger partial charge in [0.15, 0.2) is 17.3 Å². The Kier molecular flexibility index (Phi) is 8.53. The topological polar surface area (TPSA) is 78.4 Å². The van der Waals surface area contributed by atoms with Crippen LogP contribution in [0.2, 0.25) is 5.02 Å². The molecule has 3 rings (SSSR count). The summed E-state index contributed by atoms with van der Waals surface area (Å²) < 4.78 is 23.5. The molecule has 0 bridgehead atoms. The second-order valence-corrected chi connectivity index (χ2v) is 8.51. The molecule has 0 aliphatic carbocycles. The van der Waals surface area contributed by atoms with E-state index < -0.39 is 5.79 Å². The number of nitrogens with one attached hydrogen (secondary N) is 1. The SMILES string of the molecule is CCOc1cc(/C=N\NC(=O)CC2(C)OCCO2)cc(I)c1OCc1ccccc1Cl. The number of carbonyl (C=O) groups excluding carboxylic acids is 1. The molecule has 1 amide bonds. The van der Waals surface area contributed by atoms with Gasteiger partial charge in [-0.2, -0.15) is 5.10 Å². The first-order valence-corrected chi connectivity index (χ1v) is 11.3. The third-order valence-corrected chi connectivity index (χ3v) is 5.61. The number of ether oxygens (including phenoxy) is 4. The van der Waals surface area contributed by atoms with E-state index in [2.05, 4.69) is 33.1 Å². The fourth-order valence-corrected chi connectivity index (χ4v) is 3.97. The van der Waals surface area contributed by atoms with Crippen molar-refractivity contribution in [3.8, 4) is 11.5 Å². The predicted molar refractivity (Wildman–Crippen MR) is 127 cm³/mol. The molecular weight excluding hydrogens is 535 g/mol. The van der Waals surface area contributed by atoms with E-state index in [9.17, 15) is 4.79 Å². The van der Waals surface area contributed by atoms with Crippen LogP contribution in [0.4, 0.5) is 0 Å². The molecule has 0 spiro atoms. The second kappa shape index (κ2) is 11.1. The number of amides is 1. The number of hydrazone groups is 1. The second-order valence-electron chi connectivity index (χ2n) is 6.94. The van der Waals surface area contributed by atoms with Gasteiger partial charge in [-0.15, -0.1) is 0 Å². The summed E-state index contributed by atoms with van der Waals surface area (Å²) in [7, 11) is 0. The molecule has 1 aliphatic heterocycles. The van der Waals surface area contributed by atoms with Crippen molar-refractivity contribution in [1.29, 1.82) is 0 Å². The third kappa shape index (κ3) is 6.80. The van der Waals surface area contributed by atoms with E-state index >= 15 is 0 Å². The van der Waals surface area contributed by atoms with Crippen LogP contribution in [0, 0.1) is 3.57 Å². The van der Waals surface area contributed by atoms with Crippen LogP contribution >= 0.6 is 34.2 Å². The zero-order valence-corrected chi connectivity index (χ0v) is 20.2. The number of carbonyl (C=O) groups is 1. The Labute approximate surface area is 200 Å². The summed E-state index contributed by atoms with van der Waals surface area (Å²) >= 11 is 8.40. The molecule has 0 radical (unpaired) electrons. The molecule has 1 N–H and O–H groups in total. The maximum absolute atomic E-state index is 12.1. The molecule has 166 valence electrons. The first kappa shape index (κ1) is 23.8. The van der Waals surface area contributed by atoms with Crippen molar-refractivity contribution < 1.29 is 23.7 Å². The summed E-state index contributed by atoms with van der Waals surface area (Å²) in [4.78, 5) is 12.1. The Hall–Kier alpha value is -1.88. The Morgan fingerprint density at radius 1 is 1.29 bits per heavy atom. The molecule has 9 heteroatoms. The molecule has 1 aliphatic rings. The highest BCUT2D eigenvalue weighted by atomic mass is 127. The minimum Gasteiger partial charge on any atom is -0.490 e. The quantitative estimate of drug-likeness (QED) is 0.278. The maximum Gasteiger partial charge on any atom is 0.245 e. The van der Waals surface area contributed by atoms with Gasteiger partial charge in [0.25, 0.3) is 0 Å². The molecule has 1 heterocycles. The average Bonchev–Trinajstić information content (AvgIpc) is 3.14. The molecule has 0 atom stereocenters. The molecule has 7 nitrogen and oxygen atoms in total. The van der Waals surface area contributed by atoms with Gasteiger partial charge in [-0.1, -0.05) is 29.8 Å². The van der Waals surface area contributed by atoms with Gasteiger partial charge in [-0.05, 0) is 60.2 Å². The van der Waals surface area contributed by atoms with Gasteiger partial charge in [0.2, 0.25) is 5.91 Å². The van der Waals surface area contributed by atoms with E-state index in [4.69, 9.17) is 30.5 Å². The number of halogens is 2. The van der Waals surface area contributed by atoms with Crippen molar-refractivity contribution in [3.63, 3.8) is 0 Å². The number of hydrogen-bond acceptors (Lipinski definition) is 6. The minimum atomic E-state index is -0.891. The molecular formula is C22H24ClIN2O5. The number of hydrogen-bond donors (Lipinski definition) is 1. The molecule has 1 saturated heterocycles. The highest BCUT2D eigenvalue weighted by Crippen LogP contribution is 2.35. The Morgan fingerprint density at radius 3 is 2.74 bits per heavy atom. The summed E-state index contributed by atoms with van der Waals surface area (Å²) in [6.07, 6.45) is 1.63. The fraction of sp³-hybridized carbons (Fsp3) is 0.364. The molecule has 2 aromatic carbocycles. The van der Waals surface area contributed by atoms with Crippen molar-refractivity contribution in [3.05, 3.63) is 56.1 Å². The minimum absolute atomic E-state index is 0.0703. The zero-order chi connectivity index (χ0) is 22.3. The van der Waals surface area contributed by atoms with Crippen LogP contribution in [0.15, 0.2) is 41.5 Å². The first-order valence-electron chi connectivity index (χ1n) is 9.82. The van der Waals surface area contributed by atoms with Crippen molar-refractivity contribution in [2.45, 2.75) is 32.7 Å². The number of benzene rings is 2. The van der Waals surface area contributed by atoms with Gasteiger partial charge in [0.05, 0.1) is 36.0 Å². The van der Waals surface area contributed by atoms with Gasteiger partial charge in [-0.25, -0.2) is 5.43 Å². The lowest BCUT2D eigenvalue weighted by atomic mass is 10.2. The first-order chi connectivity index (χ1) is 14.9. The summed E-state index contributed by atoms with van der Waals surface area (Å²) in [5, 5.41) is 4.69.